The number of benzene rings is 1. The highest BCUT2D eigenvalue weighted by Gasteiger charge is 2.31. The van der Waals surface area contributed by atoms with Crippen LogP contribution >= 0.6 is 0 Å². The third-order valence-electron chi connectivity index (χ3n) is 3.72. The minimum atomic E-state index is -3.59. The number of aromatic nitrogens is 2. The van der Waals surface area contributed by atoms with E-state index < -0.39 is 15.1 Å². The first-order valence-corrected chi connectivity index (χ1v) is 8.73. The Morgan fingerprint density at radius 3 is 2.27 bits per heavy atom. The van der Waals surface area contributed by atoms with E-state index in [0.717, 1.165) is 11.1 Å². The van der Waals surface area contributed by atoms with Gasteiger partial charge in [0, 0.05) is 6.92 Å². The summed E-state index contributed by atoms with van der Waals surface area (Å²) in [4.78, 5) is 0.322. The van der Waals surface area contributed by atoms with Crippen molar-refractivity contribution in [1.29, 1.82) is 0 Å². The molecule has 120 valence electrons. The molecule has 0 fully saturated rings. The first-order chi connectivity index (χ1) is 10.0. The second-order valence-electron chi connectivity index (χ2n) is 6.58. The zero-order valence-electron chi connectivity index (χ0n) is 13.8. The fourth-order valence-corrected chi connectivity index (χ4v) is 3.72. The maximum absolute atomic E-state index is 12.9. The minimum absolute atomic E-state index is 0.123. The van der Waals surface area contributed by atoms with E-state index in [0.29, 0.717) is 10.8 Å². The van der Waals surface area contributed by atoms with Crippen molar-refractivity contribution < 1.29 is 12.8 Å². The number of sulfone groups is 1. The van der Waals surface area contributed by atoms with Gasteiger partial charge in [-0.1, -0.05) is 32.9 Å². The summed E-state index contributed by atoms with van der Waals surface area (Å²) in [5.41, 5.74) is 1.57. The zero-order chi connectivity index (χ0) is 16.7. The Hall–Kier alpha value is -1.69. The maximum Gasteiger partial charge on any atom is 0.234 e. The molecule has 0 aliphatic heterocycles. The van der Waals surface area contributed by atoms with Crippen molar-refractivity contribution in [1.82, 2.24) is 10.2 Å². The highest BCUT2D eigenvalue weighted by Crippen LogP contribution is 2.33. The summed E-state index contributed by atoms with van der Waals surface area (Å²) in [6.45, 7) is 11.2. The topological polar surface area (TPSA) is 73.1 Å². The van der Waals surface area contributed by atoms with Crippen LogP contribution in [0.4, 0.5) is 0 Å². The fourth-order valence-electron chi connectivity index (χ4n) is 2.17. The van der Waals surface area contributed by atoms with Crippen LogP contribution in [0, 0.1) is 13.8 Å². The van der Waals surface area contributed by atoms with Crippen LogP contribution in [0.2, 0.25) is 0 Å². The predicted molar refractivity (Wildman–Crippen MR) is 84.5 cm³/mol. The van der Waals surface area contributed by atoms with Crippen LogP contribution in [-0.4, -0.2) is 18.6 Å². The molecule has 6 heteroatoms. The third-order valence-corrected chi connectivity index (χ3v) is 5.90. The summed E-state index contributed by atoms with van der Waals surface area (Å²) in [5.74, 6) is 0.482. The third kappa shape index (κ3) is 3.06. The molecule has 22 heavy (non-hydrogen) atoms. The van der Waals surface area contributed by atoms with Gasteiger partial charge in [-0.15, -0.1) is 10.2 Å². The molecule has 0 radical (unpaired) electrons. The monoisotopic (exact) mass is 322 g/mol. The largest absolute Gasteiger partial charge is 0.424 e. The zero-order valence-corrected chi connectivity index (χ0v) is 14.7. The quantitative estimate of drug-likeness (QED) is 0.864. The highest BCUT2D eigenvalue weighted by atomic mass is 32.2. The van der Waals surface area contributed by atoms with Gasteiger partial charge in [0.05, 0.1) is 4.90 Å². The van der Waals surface area contributed by atoms with E-state index in [4.69, 9.17) is 4.42 Å². The SMILES string of the molecule is Cc1nnc([C@H](C)S(=O)(=O)c2cc(C(C)(C)C)ccc2C)o1. The van der Waals surface area contributed by atoms with Gasteiger partial charge in [0.2, 0.25) is 11.8 Å². The number of nitrogens with zero attached hydrogens (tertiary/aromatic N) is 2. The van der Waals surface area contributed by atoms with Crippen LogP contribution in [0.3, 0.4) is 0 Å². The standard InChI is InChI=1S/C16H22N2O3S/c1-10-7-8-13(16(4,5)6)9-14(10)22(19,20)11(2)15-18-17-12(3)21-15/h7-9,11H,1-6H3/t11-/m0/s1. The molecule has 0 bridgehead atoms. The molecule has 0 saturated carbocycles. The molecule has 0 N–H and O–H groups in total. The molecule has 2 rings (SSSR count). The highest BCUT2D eigenvalue weighted by molar-refractivity contribution is 7.91. The van der Waals surface area contributed by atoms with E-state index in [1.54, 1.807) is 26.8 Å². The van der Waals surface area contributed by atoms with Crippen LogP contribution in [0.15, 0.2) is 27.5 Å². The Morgan fingerprint density at radius 1 is 1.14 bits per heavy atom. The molecule has 0 unspecified atom stereocenters. The van der Waals surface area contributed by atoms with Crippen molar-refractivity contribution in [3.05, 3.63) is 41.1 Å². The molecule has 1 atom stereocenters. The molecule has 1 aromatic heterocycles. The minimum Gasteiger partial charge on any atom is -0.424 e. The van der Waals surface area contributed by atoms with Crippen molar-refractivity contribution in [2.75, 3.05) is 0 Å². The smallest absolute Gasteiger partial charge is 0.234 e. The van der Waals surface area contributed by atoms with Crippen LogP contribution in [0.25, 0.3) is 0 Å². The molecule has 5 nitrogen and oxygen atoms in total. The first kappa shape index (κ1) is 16.7. The molecule has 1 heterocycles. The van der Waals surface area contributed by atoms with Gasteiger partial charge < -0.3 is 4.42 Å². The lowest BCUT2D eigenvalue weighted by Crippen LogP contribution is -2.16. The molecular weight excluding hydrogens is 300 g/mol. The second kappa shape index (κ2) is 5.50. The summed E-state index contributed by atoms with van der Waals surface area (Å²) >= 11 is 0. The molecule has 1 aromatic carbocycles. The van der Waals surface area contributed by atoms with Gasteiger partial charge in [-0.2, -0.15) is 0 Å². The Labute approximate surface area is 131 Å². The summed E-state index contributed by atoms with van der Waals surface area (Å²) in [6.07, 6.45) is 0. The summed E-state index contributed by atoms with van der Waals surface area (Å²) in [7, 11) is -3.59. The molecule has 0 amide bonds. The van der Waals surface area contributed by atoms with E-state index in [-0.39, 0.29) is 11.3 Å². The van der Waals surface area contributed by atoms with Gasteiger partial charge in [-0.05, 0) is 36.5 Å². The van der Waals surface area contributed by atoms with E-state index >= 15 is 0 Å². The molecule has 0 aliphatic carbocycles. The van der Waals surface area contributed by atoms with Crippen molar-refractivity contribution in [3.63, 3.8) is 0 Å². The van der Waals surface area contributed by atoms with Gasteiger partial charge >= 0.3 is 0 Å². The molecule has 0 saturated heterocycles. The van der Waals surface area contributed by atoms with Crippen molar-refractivity contribution in [2.45, 2.75) is 57.1 Å². The fraction of sp³-hybridized carbons (Fsp3) is 0.500. The lowest BCUT2D eigenvalue weighted by Gasteiger charge is -2.21. The van der Waals surface area contributed by atoms with Gasteiger partial charge in [0.25, 0.3) is 0 Å². The lowest BCUT2D eigenvalue weighted by atomic mass is 9.87. The Bertz CT molecular complexity index is 786. The first-order valence-electron chi connectivity index (χ1n) is 7.18. The van der Waals surface area contributed by atoms with Gasteiger partial charge in [-0.3, -0.25) is 0 Å². The van der Waals surface area contributed by atoms with Crippen molar-refractivity contribution in [3.8, 4) is 0 Å². The van der Waals surface area contributed by atoms with Crippen LogP contribution in [0.1, 0.15) is 55.9 Å². The normalized spacial score (nSPS) is 14.1. The van der Waals surface area contributed by atoms with E-state index in [9.17, 15) is 8.42 Å². The molecule has 2 aromatic rings. The Balaban J connectivity index is 2.54. The second-order valence-corrected chi connectivity index (χ2v) is 8.81. The van der Waals surface area contributed by atoms with E-state index in [1.165, 1.54) is 0 Å². The van der Waals surface area contributed by atoms with Crippen LogP contribution in [0.5, 0.6) is 0 Å². The van der Waals surface area contributed by atoms with Crippen LogP contribution < -0.4 is 0 Å². The van der Waals surface area contributed by atoms with E-state index in [1.807, 2.05) is 12.1 Å². The number of aryl methyl sites for hydroxylation is 2. The number of rotatable bonds is 3. The van der Waals surface area contributed by atoms with Gasteiger partial charge in [-0.25, -0.2) is 8.42 Å². The van der Waals surface area contributed by atoms with E-state index in [2.05, 4.69) is 31.0 Å². The average Bonchev–Trinajstić information content (AvgIpc) is 2.83. The maximum atomic E-state index is 12.9. The molecule has 0 spiro atoms. The number of hydrogen-bond donors (Lipinski definition) is 0. The summed E-state index contributed by atoms with van der Waals surface area (Å²) in [6, 6.07) is 5.57. The summed E-state index contributed by atoms with van der Waals surface area (Å²) in [5, 5.41) is 6.68. The summed E-state index contributed by atoms with van der Waals surface area (Å²) < 4.78 is 31.1. The van der Waals surface area contributed by atoms with Crippen LogP contribution in [-0.2, 0) is 15.3 Å². The van der Waals surface area contributed by atoms with Crippen molar-refractivity contribution >= 4 is 9.84 Å². The molecular formula is C16H22N2O3S. The van der Waals surface area contributed by atoms with Gasteiger partial charge in [0.1, 0.15) is 5.25 Å². The molecule has 0 aliphatic rings. The van der Waals surface area contributed by atoms with Crippen molar-refractivity contribution in [2.24, 2.45) is 0 Å². The average molecular weight is 322 g/mol. The Morgan fingerprint density at radius 2 is 1.77 bits per heavy atom. The predicted octanol–water partition coefficient (Wildman–Crippen LogP) is 3.52. The van der Waals surface area contributed by atoms with Gasteiger partial charge in [0.15, 0.2) is 9.84 Å². The Kier molecular flexibility index (Phi) is 4.17. The lowest BCUT2D eigenvalue weighted by molar-refractivity contribution is 0.461. The number of hydrogen-bond acceptors (Lipinski definition) is 5.